The third-order valence-corrected chi connectivity index (χ3v) is 11.7. The fraction of sp³-hybridized carbons (Fsp3) is 0.744. The van der Waals surface area contributed by atoms with E-state index in [1.807, 2.05) is 77.0 Å². The number of hydrogen-bond acceptors (Lipinski definition) is 8. The average Bonchev–Trinajstić information content (AvgIpc) is 3.62. The molecule has 1 aliphatic heterocycles. The van der Waals surface area contributed by atoms with Crippen molar-refractivity contribution in [2.24, 2.45) is 29.6 Å². The van der Waals surface area contributed by atoms with Crippen LogP contribution in [0.4, 0.5) is 0 Å². The molecule has 1 saturated heterocycles. The van der Waals surface area contributed by atoms with Crippen LogP contribution in [-0.2, 0) is 39.9 Å². The zero-order valence-corrected chi connectivity index (χ0v) is 35.6. The van der Waals surface area contributed by atoms with Gasteiger partial charge in [-0.05, 0) is 56.7 Å². The van der Waals surface area contributed by atoms with Gasteiger partial charge in [0.1, 0.15) is 0 Å². The van der Waals surface area contributed by atoms with Gasteiger partial charge in [0, 0.05) is 46.6 Å². The van der Waals surface area contributed by atoms with Crippen LogP contribution in [0.3, 0.4) is 0 Å². The molecule has 306 valence electrons. The lowest BCUT2D eigenvalue weighted by molar-refractivity contribution is -0.149. The normalized spacial score (nSPS) is 19.2. The summed E-state index contributed by atoms with van der Waals surface area (Å²) in [6, 6.07) is 7.91. The van der Waals surface area contributed by atoms with Crippen LogP contribution in [0, 0.1) is 29.6 Å². The Morgan fingerprint density at radius 2 is 1.50 bits per heavy atom. The third-order valence-electron chi connectivity index (χ3n) is 11.7. The molecule has 0 aromatic heterocycles. The van der Waals surface area contributed by atoms with Gasteiger partial charge in [-0.3, -0.25) is 28.9 Å². The molecule has 11 heteroatoms. The Bertz CT molecular complexity index is 1340. The van der Waals surface area contributed by atoms with Gasteiger partial charge in [-0.1, -0.05) is 92.1 Å². The monoisotopic (exact) mass is 757 g/mol. The van der Waals surface area contributed by atoms with E-state index in [4.69, 9.17) is 9.47 Å². The van der Waals surface area contributed by atoms with Gasteiger partial charge in [0.2, 0.25) is 17.7 Å². The van der Waals surface area contributed by atoms with Crippen molar-refractivity contribution in [1.82, 2.24) is 20.0 Å². The number of nitrogens with zero attached hydrogens (tertiary/aromatic N) is 3. The fourth-order valence-electron chi connectivity index (χ4n) is 8.41. The largest absolute Gasteiger partial charge is 0.379 e. The second kappa shape index (κ2) is 22.4. The van der Waals surface area contributed by atoms with Gasteiger partial charge in [0.15, 0.2) is 11.6 Å². The van der Waals surface area contributed by atoms with Crippen molar-refractivity contribution >= 4 is 29.3 Å². The van der Waals surface area contributed by atoms with Crippen molar-refractivity contribution in [3.63, 3.8) is 0 Å². The number of likely N-dealkylation sites (tertiary alicyclic amines) is 1. The first-order valence-corrected chi connectivity index (χ1v) is 20.1. The number of methoxy groups -OCH3 is 2. The van der Waals surface area contributed by atoms with E-state index in [1.165, 1.54) is 0 Å². The molecule has 54 heavy (non-hydrogen) atoms. The number of hydrogen-bond donors (Lipinski definition) is 1. The second-order valence-corrected chi connectivity index (χ2v) is 16.3. The standard InChI is InChI=1S/C43H72N4O7/c1-14-29(7)40(46(11)43(52)32(27(3)4)25-36(49)39(28(5)6)45(9)10)37(53-12)26-38(50)47-23-19-22-34(47)41(54-13)30(8)42(51)44-33(35(48)15-2)24-31-20-17-16-18-21-31/h16-18,20-21,27-30,32-34,37,39-41H,14-15,19,22-26H2,1-13H3,(H,44,51)/t29?,30-,32+,33?,34+,37-,39+,40+,41-/m1/s1. The van der Waals surface area contributed by atoms with Crippen LogP contribution in [0.25, 0.3) is 0 Å². The average molecular weight is 757 g/mol. The van der Waals surface area contributed by atoms with Crippen LogP contribution in [-0.4, -0.2) is 122 Å². The van der Waals surface area contributed by atoms with E-state index >= 15 is 0 Å². The molecule has 0 aliphatic carbocycles. The highest BCUT2D eigenvalue weighted by molar-refractivity contribution is 5.91. The molecule has 1 heterocycles. The number of ketones is 2. The lowest BCUT2D eigenvalue weighted by Gasteiger charge is -2.41. The number of amides is 3. The maximum atomic E-state index is 14.3. The Morgan fingerprint density at radius 1 is 0.870 bits per heavy atom. The van der Waals surface area contributed by atoms with Gasteiger partial charge in [-0.2, -0.15) is 0 Å². The minimum atomic E-state index is -0.663. The predicted molar refractivity (Wildman–Crippen MR) is 214 cm³/mol. The summed E-state index contributed by atoms with van der Waals surface area (Å²) in [4.78, 5) is 74.1. The molecule has 1 fully saturated rings. The number of carbonyl (C=O) groups is 5. The zero-order valence-electron chi connectivity index (χ0n) is 35.6. The molecule has 0 saturated carbocycles. The Labute approximate surface area is 326 Å². The molecule has 0 bridgehead atoms. The number of nitrogens with one attached hydrogen (secondary N) is 1. The summed E-state index contributed by atoms with van der Waals surface area (Å²) in [5.74, 6) is -1.64. The van der Waals surface area contributed by atoms with Crippen LogP contribution >= 0.6 is 0 Å². The molecular formula is C43H72N4O7. The molecule has 1 aliphatic rings. The van der Waals surface area contributed by atoms with E-state index in [0.717, 1.165) is 18.4 Å². The summed E-state index contributed by atoms with van der Waals surface area (Å²) in [6.07, 6.45) is 1.88. The molecule has 2 unspecified atom stereocenters. The summed E-state index contributed by atoms with van der Waals surface area (Å²) in [6.45, 7) is 16.2. The van der Waals surface area contributed by atoms with Gasteiger partial charge in [0.05, 0.1) is 48.7 Å². The summed E-state index contributed by atoms with van der Waals surface area (Å²) in [5.41, 5.74) is 0.959. The van der Waals surface area contributed by atoms with Gasteiger partial charge in [0.25, 0.3) is 0 Å². The van der Waals surface area contributed by atoms with Crippen molar-refractivity contribution < 1.29 is 33.4 Å². The van der Waals surface area contributed by atoms with Crippen molar-refractivity contribution in [2.75, 3.05) is 41.9 Å². The molecule has 1 N–H and O–H groups in total. The molecule has 11 nitrogen and oxygen atoms in total. The molecular weight excluding hydrogens is 684 g/mol. The Morgan fingerprint density at radius 3 is 2.00 bits per heavy atom. The van der Waals surface area contributed by atoms with E-state index in [2.05, 4.69) is 19.2 Å². The molecule has 0 spiro atoms. The van der Waals surface area contributed by atoms with Crippen molar-refractivity contribution in [3.05, 3.63) is 35.9 Å². The second-order valence-electron chi connectivity index (χ2n) is 16.3. The minimum absolute atomic E-state index is 0.00452. The quantitative estimate of drug-likeness (QED) is 0.157. The zero-order chi connectivity index (χ0) is 40.9. The molecule has 2 rings (SSSR count). The lowest BCUT2D eigenvalue weighted by Crippen LogP contribution is -2.55. The third kappa shape index (κ3) is 12.4. The topological polar surface area (TPSA) is 126 Å². The highest BCUT2D eigenvalue weighted by Crippen LogP contribution is 2.31. The molecule has 1 aromatic carbocycles. The number of Topliss-reactive ketones (excluding diaryl/α,β-unsaturated/α-hetero) is 2. The first-order valence-electron chi connectivity index (χ1n) is 20.1. The van der Waals surface area contributed by atoms with E-state index in [0.29, 0.717) is 25.8 Å². The van der Waals surface area contributed by atoms with Crippen LogP contribution in [0.2, 0.25) is 0 Å². The Hall–Kier alpha value is -3.15. The molecule has 0 radical (unpaired) electrons. The van der Waals surface area contributed by atoms with Gasteiger partial charge >= 0.3 is 0 Å². The summed E-state index contributed by atoms with van der Waals surface area (Å²) < 4.78 is 12.0. The van der Waals surface area contributed by atoms with Crippen LogP contribution in [0.1, 0.15) is 99.5 Å². The molecule has 1 aromatic rings. The van der Waals surface area contributed by atoms with Gasteiger partial charge < -0.3 is 24.6 Å². The number of rotatable bonds is 23. The number of carbonyl (C=O) groups excluding carboxylic acids is 5. The number of ether oxygens (including phenoxy) is 2. The summed E-state index contributed by atoms with van der Waals surface area (Å²) in [5, 5.41) is 2.99. The van der Waals surface area contributed by atoms with Crippen LogP contribution in [0.15, 0.2) is 30.3 Å². The first kappa shape index (κ1) is 47.0. The summed E-state index contributed by atoms with van der Waals surface area (Å²) in [7, 11) is 8.70. The summed E-state index contributed by atoms with van der Waals surface area (Å²) >= 11 is 0. The number of benzene rings is 1. The predicted octanol–water partition coefficient (Wildman–Crippen LogP) is 5.43. The Kier molecular flexibility index (Phi) is 19.5. The van der Waals surface area contributed by atoms with Crippen molar-refractivity contribution in [2.45, 2.75) is 137 Å². The van der Waals surface area contributed by atoms with E-state index in [9.17, 15) is 24.0 Å². The lowest BCUT2D eigenvalue weighted by atomic mass is 9.83. The molecule has 9 atom stereocenters. The van der Waals surface area contributed by atoms with E-state index < -0.39 is 36.1 Å². The SMILES string of the molecule is CCC(=O)C(Cc1ccccc1)NC(=O)[C@H](C)[C@@H](OC)[C@@H]1CCCN1C(=O)C[C@@H](OC)[C@H](C(C)CC)N(C)C(=O)[C@@H](CC(=O)[C@H](C(C)C)N(C)C)C(C)C. The maximum absolute atomic E-state index is 14.3. The highest BCUT2D eigenvalue weighted by atomic mass is 16.5. The smallest absolute Gasteiger partial charge is 0.226 e. The van der Waals surface area contributed by atoms with Gasteiger partial charge in [-0.25, -0.2) is 0 Å². The van der Waals surface area contributed by atoms with Crippen LogP contribution in [0.5, 0.6) is 0 Å². The first-order chi connectivity index (χ1) is 25.4. The minimum Gasteiger partial charge on any atom is -0.379 e. The number of likely N-dealkylation sites (N-methyl/N-ethyl adjacent to an activating group) is 2. The molecule has 3 amide bonds. The fourth-order valence-corrected chi connectivity index (χ4v) is 8.41. The van der Waals surface area contributed by atoms with Crippen molar-refractivity contribution in [3.8, 4) is 0 Å². The van der Waals surface area contributed by atoms with E-state index in [1.54, 1.807) is 44.9 Å². The van der Waals surface area contributed by atoms with E-state index in [-0.39, 0.29) is 72.0 Å². The van der Waals surface area contributed by atoms with Gasteiger partial charge in [-0.15, -0.1) is 0 Å². The van der Waals surface area contributed by atoms with Crippen molar-refractivity contribution in [1.29, 1.82) is 0 Å². The van der Waals surface area contributed by atoms with Crippen LogP contribution < -0.4 is 5.32 Å². The Balaban J connectivity index is 2.29. The maximum Gasteiger partial charge on any atom is 0.226 e. The highest BCUT2D eigenvalue weighted by Gasteiger charge is 2.43.